The molecule has 28 heavy (non-hydrogen) atoms. The lowest BCUT2D eigenvalue weighted by Crippen LogP contribution is -2.36. The van der Waals surface area contributed by atoms with Crippen molar-refractivity contribution in [3.8, 4) is 10.6 Å². The molecule has 146 valence electrons. The van der Waals surface area contributed by atoms with Crippen molar-refractivity contribution in [2.45, 2.75) is 6.92 Å². The predicted molar refractivity (Wildman–Crippen MR) is 106 cm³/mol. The minimum Gasteiger partial charge on any atom is -0.378 e. The van der Waals surface area contributed by atoms with Crippen LogP contribution in [-0.4, -0.2) is 58.3 Å². The molecule has 0 aromatic carbocycles. The standard InChI is InChI=1S/C17H19FN8OS/c1-10-14(28-17(19-2)23-10)13-12(18)9-22-16(24-13)25-15-20-7-11(8-21-15)26-3-5-27-6-4-26/h7-9H,3-6H2,1-2H3,(H,19,23)(H,20,21,22,24,25). The van der Waals surface area contributed by atoms with Crippen LogP contribution in [0.5, 0.6) is 0 Å². The van der Waals surface area contributed by atoms with Crippen LogP contribution < -0.4 is 15.5 Å². The molecule has 1 saturated heterocycles. The number of nitrogens with one attached hydrogen (secondary N) is 2. The number of anilines is 4. The van der Waals surface area contributed by atoms with E-state index in [-0.39, 0.29) is 11.6 Å². The van der Waals surface area contributed by atoms with Gasteiger partial charge < -0.3 is 15.0 Å². The van der Waals surface area contributed by atoms with Crippen molar-refractivity contribution in [3.05, 3.63) is 30.1 Å². The average molecular weight is 402 g/mol. The Hall–Kier alpha value is -2.92. The van der Waals surface area contributed by atoms with E-state index in [4.69, 9.17) is 4.74 Å². The van der Waals surface area contributed by atoms with Crippen molar-refractivity contribution in [3.63, 3.8) is 0 Å². The number of aromatic nitrogens is 5. The molecule has 9 nitrogen and oxygen atoms in total. The fourth-order valence-electron chi connectivity index (χ4n) is 2.78. The molecule has 0 saturated carbocycles. The summed E-state index contributed by atoms with van der Waals surface area (Å²) in [7, 11) is 1.77. The van der Waals surface area contributed by atoms with E-state index in [0.717, 1.165) is 25.0 Å². The number of morpholine rings is 1. The van der Waals surface area contributed by atoms with Gasteiger partial charge in [-0.25, -0.2) is 29.3 Å². The molecule has 11 heteroatoms. The third-order valence-electron chi connectivity index (χ3n) is 4.21. The molecule has 0 atom stereocenters. The molecular weight excluding hydrogens is 383 g/mol. The van der Waals surface area contributed by atoms with E-state index >= 15 is 0 Å². The molecule has 1 aliphatic heterocycles. The zero-order valence-electron chi connectivity index (χ0n) is 15.4. The van der Waals surface area contributed by atoms with Gasteiger partial charge in [0.2, 0.25) is 11.9 Å². The van der Waals surface area contributed by atoms with Gasteiger partial charge in [0.25, 0.3) is 0 Å². The van der Waals surface area contributed by atoms with E-state index in [1.54, 1.807) is 19.4 Å². The number of hydrogen-bond acceptors (Lipinski definition) is 10. The number of thiazole rings is 1. The first-order valence-corrected chi connectivity index (χ1v) is 9.55. The SMILES string of the molecule is CNc1nc(C)c(-c2nc(Nc3ncc(N4CCOCC4)cn3)ncc2F)s1. The van der Waals surface area contributed by atoms with E-state index in [9.17, 15) is 4.39 Å². The number of aryl methyl sites for hydroxylation is 1. The van der Waals surface area contributed by atoms with Gasteiger partial charge in [0.05, 0.1) is 48.1 Å². The summed E-state index contributed by atoms with van der Waals surface area (Å²) in [6.45, 7) is 4.82. The van der Waals surface area contributed by atoms with Crippen molar-refractivity contribution in [2.24, 2.45) is 0 Å². The van der Waals surface area contributed by atoms with Gasteiger partial charge in [0, 0.05) is 20.1 Å². The third kappa shape index (κ3) is 3.85. The number of ether oxygens (including phenoxy) is 1. The van der Waals surface area contributed by atoms with Crippen molar-refractivity contribution < 1.29 is 9.13 Å². The molecule has 1 fully saturated rings. The second-order valence-electron chi connectivity index (χ2n) is 6.06. The Bertz CT molecular complexity index is 958. The van der Waals surface area contributed by atoms with Crippen LogP contribution in [-0.2, 0) is 4.74 Å². The summed E-state index contributed by atoms with van der Waals surface area (Å²) >= 11 is 1.33. The van der Waals surface area contributed by atoms with Gasteiger partial charge in [-0.1, -0.05) is 11.3 Å². The van der Waals surface area contributed by atoms with Crippen LogP contribution in [0.4, 0.5) is 27.1 Å². The van der Waals surface area contributed by atoms with Gasteiger partial charge in [-0.05, 0) is 6.92 Å². The van der Waals surface area contributed by atoms with E-state index < -0.39 is 5.82 Å². The molecular formula is C17H19FN8OS. The number of hydrogen-bond donors (Lipinski definition) is 2. The first-order valence-electron chi connectivity index (χ1n) is 8.74. The second kappa shape index (κ2) is 7.98. The summed E-state index contributed by atoms with van der Waals surface area (Å²) in [6.07, 6.45) is 4.60. The lowest BCUT2D eigenvalue weighted by molar-refractivity contribution is 0.122. The lowest BCUT2D eigenvalue weighted by Gasteiger charge is -2.28. The Morgan fingerprint density at radius 2 is 1.79 bits per heavy atom. The Morgan fingerprint density at radius 3 is 2.46 bits per heavy atom. The van der Waals surface area contributed by atoms with Crippen molar-refractivity contribution in [1.82, 2.24) is 24.9 Å². The van der Waals surface area contributed by atoms with Gasteiger partial charge in [-0.15, -0.1) is 0 Å². The predicted octanol–water partition coefficient (Wildman–Crippen LogP) is 2.46. The highest BCUT2D eigenvalue weighted by Crippen LogP contribution is 2.33. The second-order valence-corrected chi connectivity index (χ2v) is 7.06. The summed E-state index contributed by atoms with van der Waals surface area (Å²) in [5.41, 5.74) is 1.82. The van der Waals surface area contributed by atoms with Gasteiger partial charge in [0.1, 0.15) is 5.69 Å². The topological polar surface area (TPSA) is 101 Å². The molecule has 0 bridgehead atoms. The summed E-state index contributed by atoms with van der Waals surface area (Å²) in [5, 5.41) is 6.58. The van der Waals surface area contributed by atoms with Crippen LogP contribution in [0.1, 0.15) is 5.69 Å². The number of halogens is 1. The fourth-order valence-corrected chi connectivity index (χ4v) is 3.69. The summed E-state index contributed by atoms with van der Waals surface area (Å²) < 4.78 is 19.7. The van der Waals surface area contributed by atoms with Crippen molar-refractivity contribution in [2.75, 3.05) is 48.9 Å². The minimum absolute atomic E-state index is 0.193. The molecule has 4 heterocycles. The molecule has 0 amide bonds. The monoisotopic (exact) mass is 402 g/mol. The van der Waals surface area contributed by atoms with Crippen LogP contribution in [0.15, 0.2) is 18.6 Å². The first-order chi connectivity index (χ1) is 13.6. The van der Waals surface area contributed by atoms with E-state index in [0.29, 0.717) is 34.9 Å². The summed E-state index contributed by atoms with van der Waals surface area (Å²) in [6, 6.07) is 0. The van der Waals surface area contributed by atoms with Gasteiger partial charge in [-0.3, -0.25) is 5.32 Å². The van der Waals surface area contributed by atoms with Crippen LogP contribution in [0.25, 0.3) is 10.6 Å². The van der Waals surface area contributed by atoms with Gasteiger partial charge in [-0.2, -0.15) is 0 Å². The van der Waals surface area contributed by atoms with E-state index in [1.807, 2.05) is 6.92 Å². The first kappa shape index (κ1) is 18.4. The molecule has 2 N–H and O–H groups in total. The maximum Gasteiger partial charge on any atom is 0.230 e. The Balaban J connectivity index is 1.54. The molecule has 0 radical (unpaired) electrons. The molecule has 1 aliphatic rings. The zero-order chi connectivity index (χ0) is 19.5. The molecule has 4 rings (SSSR count). The molecule has 3 aromatic rings. The minimum atomic E-state index is -0.511. The van der Waals surface area contributed by atoms with Gasteiger partial charge in [0.15, 0.2) is 10.9 Å². The zero-order valence-corrected chi connectivity index (χ0v) is 16.3. The summed E-state index contributed by atoms with van der Waals surface area (Å²) in [5.74, 6) is 0.0457. The molecule has 0 aliphatic carbocycles. The molecule has 0 spiro atoms. The van der Waals surface area contributed by atoms with E-state index in [2.05, 4.69) is 40.5 Å². The molecule has 3 aromatic heterocycles. The highest BCUT2D eigenvalue weighted by Gasteiger charge is 2.17. The fraction of sp³-hybridized carbons (Fsp3) is 0.353. The average Bonchev–Trinajstić information content (AvgIpc) is 3.11. The van der Waals surface area contributed by atoms with Crippen LogP contribution >= 0.6 is 11.3 Å². The maximum absolute atomic E-state index is 14.3. The van der Waals surface area contributed by atoms with E-state index in [1.165, 1.54) is 11.3 Å². The highest BCUT2D eigenvalue weighted by atomic mass is 32.1. The molecule has 0 unspecified atom stereocenters. The number of rotatable bonds is 5. The smallest absolute Gasteiger partial charge is 0.230 e. The van der Waals surface area contributed by atoms with Crippen molar-refractivity contribution in [1.29, 1.82) is 0 Å². The Morgan fingerprint density at radius 1 is 1.07 bits per heavy atom. The number of nitrogens with zero attached hydrogens (tertiary/aromatic N) is 6. The van der Waals surface area contributed by atoms with Crippen LogP contribution in [0.2, 0.25) is 0 Å². The normalized spacial score (nSPS) is 14.2. The maximum atomic E-state index is 14.3. The largest absolute Gasteiger partial charge is 0.378 e. The summed E-state index contributed by atoms with van der Waals surface area (Å²) in [4.78, 5) is 24.1. The van der Waals surface area contributed by atoms with Crippen molar-refractivity contribution >= 4 is 34.1 Å². The highest BCUT2D eigenvalue weighted by molar-refractivity contribution is 7.19. The quantitative estimate of drug-likeness (QED) is 0.666. The van der Waals surface area contributed by atoms with Gasteiger partial charge >= 0.3 is 0 Å². The lowest BCUT2D eigenvalue weighted by atomic mass is 10.3. The Labute approximate surface area is 165 Å². The third-order valence-corrected chi connectivity index (χ3v) is 5.39. The van der Waals surface area contributed by atoms with Crippen LogP contribution in [0, 0.1) is 12.7 Å². The van der Waals surface area contributed by atoms with Crippen LogP contribution in [0.3, 0.4) is 0 Å². The Kier molecular flexibility index (Phi) is 5.26.